The Balaban J connectivity index is 1.57. The lowest BCUT2D eigenvalue weighted by Gasteiger charge is -2.39. The lowest BCUT2D eigenvalue weighted by molar-refractivity contribution is -0.136. The summed E-state index contributed by atoms with van der Waals surface area (Å²) in [6.45, 7) is 15.8. The van der Waals surface area contributed by atoms with Gasteiger partial charge in [0.1, 0.15) is 28.7 Å². The Morgan fingerprint density at radius 3 is 2.55 bits per heavy atom. The fourth-order valence-electron chi connectivity index (χ4n) is 5.94. The minimum Gasteiger partial charge on any atom is -0.443 e. The van der Waals surface area contributed by atoms with Gasteiger partial charge in [0.05, 0.1) is 24.4 Å². The molecular formula is C35H45BrF2N4O5SSi. The Kier molecular flexibility index (Phi) is 11.1. The molecule has 1 saturated heterocycles. The molecule has 0 unspecified atom stereocenters. The van der Waals surface area contributed by atoms with Crippen LogP contribution >= 0.6 is 27.7 Å². The van der Waals surface area contributed by atoms with Gasteiger partial charge in [-0.1, -0.05) is 37.5 Å². The van der Waals surface area contributed by atoms with Gasteiger partial charge in [-0.2, -0.15) is 0 Å². The predicted octanol–water partition coefficient (Wildman–Crippen LogP) is 7.94. The number of pyridine rings is 1. The van der Waals surface area contributed by atoms with Crippen LogP contribution in [0.1, 0.15) is 50.9 Å². The van der Waals surface area contributed by atoms with Crippen LogP contribution < -0.4 is 0 Å². The number of benzene rings is 1. The van der Waals surface area contributed by atoms with Crippen LogP contribution in [0.3, 0.4) is 0 Å². The normalized spacial score (nSPS) is 24.2. The zero-order valence-electron chi connectivity index (χ0n) is 29.1. The molecule has 2 fully saturated rings. The van der Waals surface area contributed by atoms with Crippen molar-refractivity contribution in [1.82, 2.24) is 14.8 Å². The van der Waals surface area contributed by atoms with E-state index in [1.54, 1.807) is 50.8 Å². The van der Waals surface area contributed by atoms with E-state index in [9.17, 15) is 9.59 Å². The highest BCUT2D eigenvalue weighted by atomic mass is 79.9. The van der Waals surface area contributed by atoms with Crippen LogP contribution in [-0.2, 0) is 24.5 Å². The van der Waals surface area contributed by atoms with Gasteiger partial charge in [0.15, 0.2) is 5.17 Å². The topological polar surface area (TPSA) is 93.6 Å². The predicted molar refractivity (Wildman–Crippen MR) is 195 cm³/mol. The molecule has 3 atom stereocenters. The summed E-state index contributed by atoms with van der Waals surface area (Å²) >= 11 is 4.53. The van der Waals surface area contributed by atoms with Gasteiger partial charge in [0, 0.05) is 49.9 Å². The number of carbonyl (C=O) groups excluding carboxylic acids is 2. The molecule has 0 radical (unpaired) electrons. The number of ether oxygens (including phenoxy) is 3. The Labute approximate surface area is 301 Å². The van der Waals surface area contributed by atoms with Crippen molar-refractivity contribution in [2.45, 2.75) is 75.7 Å². The second-order valence-corrected chi connectivity index (χ2v) is 22.9. The monoisotopic (exact) mass is 778 g/mol. The number of fused-ring (bicyclic) bond motifs is 1. The summed E-state index contributed by atoms with van der Waals surface area (Å²) in [6, 6.07) is 8.45. The minimum atomic E-state index is -1.43. The van der Waals surface area contributed by atoms with E-state index in [0.29, 0.717) is 49.4 Å². The number of thioether (sulfide) groups is 1. The van der Waals surface area contributed by atoms with Gasteiger partial charge in [-0.25, -0.2) is 18.5 Å². The first kappa shape index (κ1) is 37.6. The molecule has 2 aliphatic heterocycles. The molecular weight excluding hydrogens is 734 g/mol. The summed E-state index contributed by atoms with van der Waals surface area (Å²) in [6.07, 6.45) is 2.53. The maximum Gasteiger partial charge on any atom is 0.418 e. The third-order valence-corrected chi connectivity index (χ3v) is 12.4. The van der Waals surface area contributed by atoms with Gasteiger partial charge in [0.25, 0.3) is 0 Å². The number of hydrogen-bond acceptors (Lipinski definition) is 8. The molecule has 1 saturated carbocycles. The number of carbonyl (C=O) groups is 2. The van der Waals surface area contributed by atoms with Crippen LogP contribution in [0, 0.1) is 11.7 Å². The van der Waals surface area contributed by atoms with E-state index in [1.165, 1.54) is 41.1 Å². The van der Waals surface area contributed by atoms with Crippen molar-refractivity contribution in [1.29, 1.82) is 0 Å². The van der Waals surface area contributed by atoms with Gasteiger partial charge in [-0.15, -0.1) is 0 Å². The highest BCUT2D eigenvalue weighted by molar-refractivity contribution is 9.10. The number of nitrogens with zero attached hydrogens (tertiary/aromatic N) is 4. The minimum absolute atomic E-state index is 0.1000. The van der Waals surface area contributed by atoms with Crippen LogP contribution in [0.15, 0.2) is 46.0 Å². The number of morpholine rings is 1. The standard InChI is InChI=1S/C35H45BrF2N4O5SSi/c1-33(2,3)47-32(44)42(22-46-16-17-49(5,6)7)31-40-34(4,29-20-35(29,48-31)30(43)41-12-14-45-15-13-41)25-18-23(8-10-26(25)37)19-27(38)28-11-9-24(36)21-39-28/h8-11,18-19,21,29H,12-17,20,22H2,1-7H3/b27-19-/t29-,34+,35-/m0/s1. The average molecular weight is 780 g/mol. The van der Waals surface area contributed by atoms with Crippen molar-refractivity contribution < 1.29 is 32.6 Å². The zero-order valence-corrected chi connectivity index (χ0v) is 32.6. The molecule has 9 nitrogen and oxygen atoms in total. The zero-order chi connectivity index (χ0) is 35.8. The summed E-state index contributed by atoms with van der Waals surface area (Å²) in [5.74, 6) is -1.64. The van der Waals surface area contributed by atoms with Crippen LogP contribution in [0.2, 0.25) is 25.7 Å². The second kappa shape index (κ2) is 14.5. The van der Waals surface area contributed by atoms with Gasteiger partial charge in [0.2, 0.25) is 5.91 Å². The number of amidine groups is 1. The number of hydrogen-bond donors (Lipinski definition) is 0. The van der Waals surface area contributed by atoms with E-state index in [1.807, 2.05) is 0 Å². The first-order valence-corrected chi connectivity index (χ1v) is 21.8. The van der Waals surface area contributed by atoms with Gasteiger partial charge < -0.3 is 19.1 Å². The van der Waals surface area contributed by atoms with E-state index in [0.717, 1.165) is 6.04 Å². The number of aliphatic imine (C=N–C) groups is 1. The molecule has 3 heterocycles. The molecule has 0 spiro atoms. The molecule has 1 aromatic heterocycles. The van der Waals surface area contributed by atoms with Crippen molar-refractivity contribution in [2.24, 2.45) is 10.9 Å². The Bertz CT molecular complexity index is 1630. The molecule has 5 rings (SSSR count). The van der Waals surface area contributed by atoms with E-state index in [-0.39, 0.29) is 29.1 Å². The average Bonchev–Trinajstić information content (AvgIpc) is 3.78. The lowest BCUT2D eigenvalue weighted by atomic mass is 9.84. The van der Waals surface area contributed by atoms with Crippen molar-refractivity contribution in [2.75, 3.05) is 39.6 Å². The Hall–Kier alpha value is -2.65. The molecule has 266 valence electrons. The van der Waals surface area contributed by atoms with E-state index in [4.69, 9.17) is 19.2 Å². The number of aromatic nitrogens is 1. The Morgan fingerprint density at radius 1 is 1.20 bits per heavy atom. The van der Waals surface area contributed by atoms with Crippen molar-refractivity contribution >= 4 is 64.8 Å². The number of rotatable bonds is 9. The van der Waals surface area contributed by atoms with Crippen molar-refractivity contribution in [3.63, 3.8) is 0 Å². The molecule has 0 bridgehead atoms. The van der Waals surface area contributed by atoms with Crippen LogP contribution in [0.5, 0.6) is 0 Å². The first-order valence-electron chi connectivity index (χ1n) is 16.5. The second-order valence-electron chi connectivity index (χ2n) is 15.0. The van der Waals surface area contributed by atoms with E-state index >= 15 is 8.78 Å². The smallest absolute Gasteiger partial charge is 0.418 e. The van der Waals surface area contributed by atoms with E-state index in [2.05, 4.69) is 40.6 Å². The molecule has 3 aliphatic rings. The van der Waals surface area contributed by atoms with Gasteiger partial charge >= 0.3 is 6.09 Å². The van der Waals surface area contributed by atoms with Crippen molar-refractivity contribution in [3.05, 3.63) is 63.6 Å². The molecule has 0 N–H and O–H groups in total. The quantitative estimate of drug-likeness (QED) is 0.145. The molecule has 49 heavy (non-hydrogen) atoms. The summed E-state index contributed by atoms with van der Waals surface area (Å²) in [4.78, 5) is 40.4. The number of halogens is 3. The first-order chi connectivity index (χ1) is 22.9. The third-order valence-electron chi connectivity index (χ3n) is 8.71. The van der Waals surface area contributed by atoms with Crippen LogP contribution in [-0.4, -0.2) is 90.0 Å². The molecule has 2 aromatic rings. The summed E-state index contributed by atoms with van der Waals surface area (Å²) in [5.41, 5.74) is -1.38. The summed E-state index contributed by atoms with van der Waals surface area (Å²) < 4.78 is 48.4. The molecule has 14 heteroatoms. The van der Waals surface area contributed by atoms with Gasteiger partial charge in [-0.3, -0.25) is 14.8 Å². The maximum absolute atomic E-state index is 16.0. The largest absolute Gasteiger partial charge is 0.443 e. The maximum atomic E-state index is 16.0. The highest BCUT2D eigenvalue weighted by Crippen LogP contribution is 2.67. The Morgan fingerprint density at radius 2 is 1.92 bits per heavy atom. The summed E-state index contributed by atoms with van der Waals surface area (Å²) in [7, 11) is -1.43. The summed E-state index contributed by atoms with van der Waals surface area (Å²) in [5, 5.41) is 0.214. The van der Waals surface area contributed by atoms with Crippen LogP contribution in [0.25, 0.3) is 11.9 Å². The van der Waals surface area contributed by atoms with Crippen molar-refractivity contribution in [3.8, 4) is 0 Å². The van der Waals surface area contributed by atoms with Gasteiger partial charge in [-0.05, 0) is 92.0 Å². The number of amides is 2. The fourth-order valence-corrected chi connectivity index (χ4v) is 8.57. The van der Waals surface area contributed by atoms with E-state index < -0.39 is 47.6 Å². The molecule has 1 aliphatic carbocycles. The fraction of sp³-hybridized carbons (Fsp3) is 0.543. The SMILES string of the molecule is CC(C)(C)OC(=O)N(COCC[Si](C)(C)C)C1=N[C@](C)(c2cc(/C=C(\F)c3ccc(Br)cn3)ccc2F)[C@@H]2C[C@]2(C(=O)N2CCOCC2)S1. The highest BCUT2D eigenvalue weighted by Gasteiger charge is 2.72. The van der Waals surface area contributed by atoms with Crippen LogP contribution in [0.4, 0.5) is 13.6 Å². The molecule has 1 aromatic carbocycles. The third kappa shape index (κ3) is 8.81. The lowest BCUT2D eigenvalue weighted by Crippen LogP contribution is -2.51. The molecule has 2 amide bonds.